The zero-order chi connectivity index (χ0) is 18.1. The summed E-state index contributed by atoms with van der Waals surface area (Å²) in [7, 11) is 0. The first-order valence-corrected chi connectivity index (χ1v) is 9.66. The van der Waals surface area contributed by atoms with E-state index in [-0.39, 0.29) is 6.04 Å². The quantitative estimate of drug-likeness (QED) is 0.707. The highest BCUT2D eigenvalue weighted by Gasteiger charge is 2.30. The molecule has 0 fully saturated rings. The van der Waals surface area contributed by atoms with E-state index in [1.165, 1.54) is 45.5 Å². The van der Waals surface area contributed by atoms with Crippen molar-refractivity contribution >= 4 is 23.4 Å². The molecule has 132 valence electrons. The largest absolute Gasteiger partial charge is 0.352 e. The minimum Gasteiger partial charge on any atom is -0.352 e. The van der Waals surface area contributed by atoms with E-state index in [1.54, 1.807) is 0 Å². The Bertz CT molecular complexity index is 889. The van der Waals surface area contributed by atoms with Crippen molar-refractivity contribution < 1.29 is 0 Å². The Hall–Kier alpha value is -2.39. The van der Waals surface area contributed by atoms with Gasteiger partial charge in [0.25, 0.3) is 0 Å². The van der Waals surface area contributed by atoms with Crippen molar-refractivity contribution in [2.45, 2.75) is 39.2 Å². The fourth-order valence-electron chi connectivity index (χ4n) is 3.79. The third kappa shape index (κ3) is 3.45. The summed E-state index contributed by atoms with van der Waals surface area (Å²) in [6, 6.07) is 17.7. The van der Waals surface area contributed by atoms with Crippen molar-refractivity contribution in [3.8, 4) is 0 Å². The van der Waals surface area contributed by atoms with Gasteiger partial charge in [-0.3, -0.25) is 0 Å². The second kappa shape index (κ2) is 7.08. The molecule has 2 aromatic carbocycles. The first-order valence-electron chi connectivity index (χ1n) is 9.25. The molecule has 26 heavy (non-hydrogen) atoms. The number of nitrogens with one attached hydrogen (secondary N) is 2. The zero-order valence-corrected chi connectivity index (χ0v) is 16.1. The molecule has 0 aromatic heterocycles. The van der Waals surface area contributed by atoms with Crippen LogP contribution in [0.25, 0.3) is 6.08 Å². The zero-order valence-electron chi connectivity index (χ0n) is 15.3. The smallest absolute Gasteiger partial charge is 0.171 e. The highest BCUT2D eigenvalue weighted by Crippen LogP contribution is 2.38. The van der Waals surface area contributed by atoms with Crippen molar-refractivity contribution in [3.05, 3.63) is 87.6 Å². The van der Waals surface area contributed by atoms with Crippen LogP contribution in [-0.4, -0.2) is 5.11 Å². The Balaban J connectivity index is 1.75. The van der Waals surface area contributed by atoms with E-state index in [0.717, 1.165) is 12.8 Å². The van der Waals surface area contributed by atoms with Gasteiger partial charge in [0.15, 0.2) is 5.11 Å². The molecule has 0 amide bonds. The topological polar surface area (TPSA) is 24.1 Å². The molecule has 0 bridgehead atoms. The van der Waals surface area contributed by atoms with Gasteiger partial charge in [0.2, 0.25) is 0 Å². The van der Waals surface area contributed by atoms with E-state index in [2.05, 4.69) is 79.1 Å². The molecular formula is C23H24N2S. The Morgan fingerprint density at radius 3 is 2.27 bits per heavy atom. The van der Waals surface area contributed by atoms with Gasteiger partial charge in [0.1, 0.15) is 0 Å². The molecule has 0 radical (unpaired) electrons. The highest BCUT2D eigenvalue weighted by atomic mass is 32.1. The molecule has 2 aromatic rings. The molecule has 2 aliphatic rings. The maximum absolute atomic E-state index is 5.53. The molecule has 1 heterocycles. The molecule has 1 aliphatic carbocycles. The lowest BCUT2D eigenvalue weighted by molar-refractivity contribution is 0.609. The average molecular weight is 361 g/mol. The Morgan fingerprint density at radius 2 is 1.58 bits per heavy atom. The van der Waals surface area contributed by atoms with Gasteiger partial charge in [0.05, 0.1) is 6.04 Å². The molecule has 0 saturated carbocycles. The highest BCUT2D eigenvalue weighted by molar-refractivity contribution is 7.80. The Labute approximate surface area is 161 Å². The van der Waals surface area contributed by atoms with E-state index in [0.29, 0.717) is 5.11 Å². The van der Waals surface area contributed by atoms with Crippen molar-refractivity contribution in [2.24, 2.45) is 0 Å². The summed E-state index contributed by atoms with van der Waals surface area (Å²) < 4.78 is 0. The van der Waals surface area contributed by atoms with Gasteiger partial charge in [-0.1, -0.05) is 59.7 Å². The van der Waals surface area contributed by atoms with Gasteiger partial charge in [-0.15, -0.1) is 0 Å². The fraction of sp³-hybridized carbons (Fsp3) is 0.261. The van der Waals surface area contributed by atoms with Gasteiger partial charge in [-0.25, -0.2) is 0 Å². The number of benzene rings is 2. The van der Waals surface area contributed by atoms with Crippen LogP contribution in [-0.2, 0) is 0 Å². The van der Waals surface area contributed by atoms with Crippen molar-refractivity contribution in [1.82, 2.24) is 10.6 Å². The Morgan fingerprint density at radius 1 is 0.923 bits per heavy atom. The van der Waals surface area contributed by atoms with Crippen LogP contribution in [0.2, 0.25) is 0 Å². The molecular weight excluding hydrogens is 336 g/mol. The van der Waals surface area contributed by atoms with Gasteiger partial charge < -0.3 is 10.6 Å². The van der Waals surface area contributed by atoms with Crippen LogP contribution in [0, 0.1) is 13.8 Å². The van der Waals surface area contributed by atoms with E-state index >= 15 is 0 Å². The number of allylic oxidation sites excluding steroid dienone is 1. The second-order valence-corrected chi connectivity index (χ2v) is 7.68. The van der Waals surface area contributed by atoms with Crippen LogP contribution in [0.3, 0.4) is 0 Å². The third-order valence-corrected chi connectivity index (χ3v) is 5.45. The first kappa shape index (κ1) is 17.0. The molecule has 2 nitrogen and oxygen atoms in total. The number of hydrogen-bond acceptors (Lipinski definition) is 1. The van der Waals surface area contributed by atoms with Crippen LogP contribution in [0.15, 0.2) is 65.4 Å². The SMILES string of the molecule is Cc1ccc(/C=C2/CCCC3=C2NC(=S)N[C@@H]3c2ccc(C)cc2)cc1. The number of rotatable bonds is 2. The normalized spacial score (nSPS) is 21.2. The van der Waals surface area contributed by atoms with Crippen LogP contribution in [0.4, 0.5) is 0 Å². The summed E-state index contributed by atoms with van der Waals surface area (Å²) in [5.41, 5.74) is 9.11. The first-order chi connectivity index (χ1) is 12.6. The summed E-state index contributed by atoms with van der Waals surface area (Å²) in [6.45, 7) is 4.25. The molecule has 4 rings (SSSR count). The number of hydrogen-bond donors (Lipinski definition) is 2. The minimum absolute atomic E-state index is 0.168. The third-order valence-electron chi connectivity index (χ3n) is 5.23. The molecule has 0 spiro atoms. The second-order valence-electron chi connectivity index (χ2n) is 7.28. The summed E-state index contributed by atoms with van der Waals surface area (Å²) in [6.07, 6.45) is 5.67. The van der Waals surface area contributed by atoms with E-state index in [4.69, 9.17) is 12.2 Å². The predicted octanol–water partition coefficient (Wildman–Crippen LogP) is 5.34. The number of aryl methyl sites for hydroxylation is 2. The summed E-state index contributed by atoms with van der Waals surface area (Å²) in [4.78, 5) is 0. The maximum atomic E-state index is 5.53. The van der Waals surface area contributed by atoms with Crippen molar-refractivity contribution in [2.75, 3.05) is 0 Å². The van der Waals surface area contributed by atoms with Gasteiger partial charge >= 0.3 is 0 Å². The van der Waals surface area contributed by atoms with Crippen LogP contribution >= 0.6 is 12.2 Å². The lowest BCUT2D eigenvalue weighted by Crippen LogP contribution is -2.45. The summed E-state index contributed by atoms with van der Waals surface area (Å²) in [5.74, 6) is 0. The lowest BCUT2D eigenvalue weighted by atomic mass is 9.83. The lowest BCUT2D eigenvalue weighted by Gasteiger charge is -2.36. The molecule has 1 atom stereocenters. The van der Waals surface area contributed by atoms with Crippen molar-refractivity contribution in [1.29, 1.82) is 0 Å². The van der Waals surface area contributed by atoms with Crippen molar-refractivity contribution in [3.63, 3.8) is 0 Å². The number of thiocarbonyl (C=S) groups is 1. The monoisotopic (exact) mass is 360 g/mol. The average Bonchev–Trinajstić information content (AvgIpc) is 2.64. The summed E-state index contributed by atoms with van der Waals surface area (Å²) >= 11 is 5.53. The summed E-state index contributed by atoms with van der Waals surface area (Å²) in [5, 5.41) is 7.64. The molecule has 3 heteroatoms. The van der Waals surface area contributed by atoms with E-state index in [9.17, 15) is 0 Å². The standard InChI is InChI=1S/C23H24N2S/c1-15-6-10-17(11-7-15)14-19-4-3-5-20-21(24-23(26)25-22(19)20)18-12-8-16(2)9-13-18/h6-14,21H,3-5H2,1-2H3,(H2,24,25,26)/b19-14-/t21-/m1/s1. The Kier molecular flexibility index (Phi) is 4.64. The van der Waals surface area contributed by atoms with Crippen LogP contribution in [0.5, 0.6) is 0 Å². The van der Waals surface area contributed by atoms with Crippen LogP contribution in [0.1, 0.15) is 47.6 Å². The van der Waals surface area contributed by atoms with Gasteiger partial charge in [0, 0.05) is 5.70 Å². The van der Waals surface area contributed by atoms with Gasteiger partial charge in [-0.2, -0.15) is 0 Å². The maximum Gasteiger partial charge on any atom is 0.171 e. The van der Waals surface area contributed by atoms with E-state index < -0.39 is 0 Å². The predicted molar refractivity (Wildman–Crippen MR) is 113 cm³/mol. The molecule has 0 unspecified atom stereocenters. The fourth-order valence-corrected chi connectivity index (χ4v) is 4.01. The van der Waals surface area contributed by atoms with E-state index in [1.807, 2.05) is 0 Å². The van der Waals surface area contributed by atoms with Gasteiger partial charge in [-0.05, 0) is 73.7 Å². The molecule has 1 aliphatic heterocycles. The van der Waals surface area contributed by atoms with Crippen LogP contribution < -0.4 is 10.6 Å². The molecule has 0 saturated heterocycles. The molecule has 2 N–H and O–H groups in total. The minimum atomic E-state index is 0.168.